The molecular formula is C21H29N3O3. The van der Waals surface area contributed by atoms with Crippen LogP contribution in [0.15, 0.2) is 30.3 Å². The molecule has 0 bridgehead atoms. The molecule has 0 saturated carbocycles. The van der Waals surface area contributed by atoms with Crippen LogP contribution in [0.5, 0.6) is 0 Å². The number of likely N-dealkylation sites (tertiary alicyclic amines) is 1. The molecule has 6 nitrogen and oxygen atoms in total. The highest BCUT2D eigenvalue weighted by molar-refractivity contribution is 5.84. The van der Waals surface area contributed by atoms with Crippen LogP contribution in [0.3, 0.4) is 0 Å². The lowest BCUT2D eigenvalue weighted by molar-refractivity contribution is -0.144. The number of carbonyl (C=O) groups excluding carboxylic acids is 2. The van der Waals surface area contributed by atoms with Crippen molar-refractivity contribution in [2.45, 2.75) is 37.8 Å². The van der Waals surface area contributed by atoms with Crippen LogP contribution in [0, 0.1) is 0 Å². The maximum absolute atomic E-state index is 13.3. The SMILES string of the molecule is O=C(C1CCCO1)N1CCN(C(C(=O)N2CCCC2)c2ccccc2)CC1. The lowest BCUT2D eigenvalue weighted by Crippen LogP contribution is -2.54. The van der Waals surface area contributed by atoms with Gasteiger partial charge in [0.25, 0.3) is 5.91 Å². The van der Waals surface area contributed by atoms with Gasteiger partial charge in [-0.25, -0.2) is 0 Å². The summed E-state index contributed by atoms with van der Waals surface area (Å²) in [5.74, 6) is 0.326. The minimum absolute atomic E-state index is 0.120. The predicted molar refractivity (Wildman–Crippen MR) is 102 cm³/mol. The molecule has 3 aliphatic rings. The molecule has 1 aromatic rings. The van der Waals surface area contributed by atoms with Crippen LogP contribution in [0.4, 0.5) is 0 Å². The molecule has 2 atom stereocenters. The van der Waals surface area contributed by atoms with Crippen molar-refractivity contribution in [3.8, 4) is 0 Å². The molecule has 6 heteroatoms. The van der Waals surface area contributed by atoms with Gasteiger partial charge >= 0.3 is 0 Å². The molecule has 1 aromatic carbocycles. The fourth-order valence-corrected chi connectivity index (χ4v) is 4.43. The van der Waals surface area contributed by atoms with Crippen LogP contribution in [0.1, 0.15) is 37.3 Å². The fraction of sp³-hybridized carbons (Fsp3) is 0.619. The van der Waals surface area contributed by atoms with Gasteiger partial charge in [0.05, 0.1) is 0 Å². The van der Waals surface area contributed by atoms with E-state index in [1.54, 1.807) is 0 Å². The van der Waals surface area contributed by atoms with Crippen molar-refractivity contribution in [3.05, 3.63) is 35.9 Å². The Morgan fingerprint density at radius 2 is 1.59 bits per heavy atom. The normalized spacial score (nSPS) is 25.0. The summed E-state index contributed by atoms with van der Waals surface area (Å²) in [6, 6.07) is 9.82. The van der Waals surface area contributed by atoms with Crippen molar-refractivity contribution in [1.82, 2.24) is 14.7 Å². The molecule has 0 spiro atoms. The van der Waals surface area contributed by atoms with Crippen molar-refractivity contribution in [3.63, 3.8) is 0 Å². The average Bonchev–Trinajstić information content (AvgIpc) is 3.43. The van der Waals surface area contributed by atoms with Gasteiger partial charge in [0.1, 0.15) is 12.1 Å². The number of carbonyl (C=O) groups is 2. The average molecular weight is 371 g/mol. The Labute approximate surface area is 161 Å². The van der Waals surface area contributed by atoms with Gasteiger partial charge in [-0.15, -0.1) is 0 Å². The van der Waals surface area contributed by atoms with E-state index >= 15 is 0 Å². The lowest BCUT2D eigenvalue weighted by Gasteiger charge is -2.40. The number of benzene rings is 1. The Morgan fingerprint density at radius 3 is 2.22 bits per heavy atom. The minimum atomic E-state index is -0.257. The van der Waals surface area contributed by atoms with E-state index in [1.807, 2.05) is 40.1 Å². The van der Waals surface area contributed by atoms with Crippen molar-refractivity contribution >= 4 is 11.8 Å². The largest absolute Gasteiger partial charge is 0.368 e. The van der Waals surface area contributed by atoms with Gasteiger partial charge in [0, 0.05) is 45.9 Å². The minimum Gasteiger partial charge on any atom is -0.368 e. The summed E-state index contributed by atoms with van der Waals surface area (Å²) in [4.78, 5) is 32.0. The van der Waals surface area contributed by atoms with Crippen LogP contribution in [0.2, 0.25) is 0 Å². The molecule has 0 radical (unpaired) electrons. The lowest BCUT2D eigenvalue weighted by atomic mass is 10.0. The van der Waals surface area contributed by atoms with E-state index in [2.05, 4.69) is 4.90 Å². The van der Waals surface area contributed by atoms with Crippen LogP contribution in [0.25, 0.3) is 0 Å². The number of hydrogen-bond donors (Lipinski definition) is 0. The maximum Gasteiger partial charge on any atom is 0.251 e. The quantitative estimate of drug-likeness (QED) is 0.808. The predicted octanol–water partition coefficient (Wildman–Crippen LogP) is 1.67. The van der Waals surface area contributed by atoms with Crippen LogP contribution >= 0.6 is 0 Å². The number of rotatable bonds is 4. The standard InChI is InChI=1S/C21H29N3O3/c25-20(18-9-6-16-27-18)24-14-12-22(13-15-24)19(17-7-2-1-3-8-17)21(26)23-10-4-5-11-23/h1-3,7-8,18-19H,4-6,9-16H2. The molecular weight excluding hydrogens is 342 g/mol. The van der Waals surface area contributed by atoms with E-state index in [-0.39, 0.29) is 24.0 Å². The first-order valence-electron chi connectivity index (χ1n) is 10.2. The first kappa shape index (κ1) is 18.4. The zero-order valence-corrected chi connectivity index (χ0v) is 15.9. The van der Waals surface area contributed by atoms with E-state index in [9.17, 15) is 9.59 Å². The zero-order valence-electron chi connectivity index (χ0n) is 15.9. The van der Waals surface area contributed by atoms with Crippen LogP contribution in [-0.2, 0) is 14.3 Å². The molecule has 4 rings (SSSR count). The first-order chi connectivity index (χ1) is 13.2. The second kappa shape index (κ2) is 8.40. The molecule has 0 N–H and O–H groups in total. The van der Waals surface area contributed by atoms with Gasteiger partial charge < -0.3 is 14.5 Å². The fourth-order valence-electron chi connectivity index (χ4n) is 4.43. The van der Waals surface area contributed by atoms with Gasteiger partial charge in [0.2, 0.25) is 5.91 Å². The third-order valence-electron chi connectivity index (χ3n) is 5.96. The van der Waals surface area contributed by atoms with Crippen molar-refractivity contribution < 1.29 is 14.3 Å². The molecule has 0 aromatic heterocycles. The van der Waals surface area contributed by atoms with Crippen molar-refractivity contribution in [1.29, 1.82) is 0 Å². The molecule has 3 heterocycles. The molecule has 3 fully saturated rings. The Kier molecular flexibility index (Phi) is 5.74. The molecule has 2 unspecified atom stereocenters. The maximum atomic E-state index is 13.3. The number of ether oxygens (including phenoxy) is 1. The highest BCUT2D eigenvalue weighted by Gasteiger charge is 2.36. The van der Waals surface area contributed by atoms with E-state index in [4.69, 9.17) is 4.74 Å². The summed E-state index contributed by atoms with van der Waals surface area (Å²) in [6.07, 6.45) is 3.73. The third-order valence-corrected chi connectivity index (χ3v) is 5.96. The zero-order chi connectivity index (χ0) is 18.6. The summed E-state index contributed by atoms with van der Waals surface area (Å²) in [5, 5.41) is 0. The summed E-state index contributed by atoms with van der Waals surface area (Å²) in [5.41, 5.74) is 1.05. The Morgan fingerprint density at radius 1 is 0.889 bits per heavy atom. The summed E-state index contributed by atoms with van der Waals surface area (Å²) < 4.78 is 5.55. The molecule has 3 saturated heterocycles. The van der Waals surface area contributed by atoms with E-state index in [1.165, 1.54) is 0 Å². The Bertz CT molecular complexity index is 646. The summed E-state index contributed by atoms with van der Waals surface area (Å²) >= 11 is 0. The Balaban J connectivity index is 1.45. The molecule has 146 valence electrons. The van der Waals surface area contributed by atoms with Crippen molar-refractivity contribution in [2.24, 2.45) is 0 Å². The van der Waals surface area contributed by atoms with E-state index < -0.39 is 0 Å². The van der Waals surface area contributed by atoms with Gasteiger partial charge in [-0.3, -0.25) is 14.5 Å². The Hall–Kier alpha value is -1.92. The number of nitrogens with zero attached hydrogens (tertiary/aromatic N) is 3. The van der Waals surface area contributed by atoms with E-state index in [0.717, 1.165) is 57.4 Å². The van der Waals surface area contributed by atoms with Gasteiger partial charge in [-0.05, 0) is 31.2 Å². The molecule has 3 aliphatic heterocycles. The van der Waals surface area contributed by atoms with Crippen molar-refractivity contribution in [2.75, 3.05) is 45.9 Å². The third kappa shape index (κ3) is 4.01. The topological polar surface area (TPSA) is 53.1 Å². The monoisotopic (exact) mass is 371 g/mol. The van der Waals surface area contributed by atoms with E-state index in [0.29, 0.717) is 19.7 Å². The van der Waals surface area contributed by atoms with Crippen LogP contribution in [-0.4, -0.2) is 78.5 Å². The molecule has 27 heavy (non-hydrogen) atoms. The number of piperazine rings is 1. The number of amides is 2. The second-order valence-electron chi connectivity index (χ2n) is 7.71. The smallest absolute Gasteiger partial charge is 0.251 e. The van der Waals surface area contributed by atoms with Crippen LogP contribution < -0.4 is 0 Å². The van der Waals surface area contributed by atoms with Gasteiger partial charge in [-0.1, -0.05) is 30.3 Å². The molecule has 0 aliphatic carbocycles. The summed E-state index contributed by atoms with van der Waals surface area (Å²) in [7, 11) is 0. The van der Waals surface area contributed by atoms with Gasteiger partial charge in [-0.2, -0.15) is 0 Å². The van der Waals surface area contributed by atoms with Gasteiger partial charge in [0.15, 0.2) is 0 Å². The first-order valence-corrected chi connectivity index (χ1v) is 10.2. The summed E-state index contributed by atoms with van der Waals surface area (Å²) in [6.45, 7) is 5.18. The molecule has 2 amide bonds. The highest BCUT2D eigenvalue weighted by atomic mass is 16.5. The number of hydrogen-bond acceptors (Lipinski definition) is 4. The second-order valence-corrected chi connectivity index (χ2v) is 7.71. The highest BCUT2D eigenvalue weighted by Crippen LogP contribution is 2.27.